The van der Waals surface area contributed by atoms with Crippen LogP contribution in [0, 0.1) is 18.8 Å². The van der Waals surface area contributed by atoms with E-state index in [9.17, 15) is 4.79 Å². The van der Waals surface area contributed by atoms with Gasteiger partial charge in [-0.15, -0.1) is 0 Å². The molecule has 5 heteroatoms. The monoisotopic (exact) mass is 474 g/mol. The number of likely N-dealkylation sites (tertiary alicyclic amines) is 1. The summed E-state index contributed by atoms with van der Waals surface area (Å²) >= 11 is 0. The number of amides is 1. The van der Waals surface area contributed by atoms with Crippen molar-refractivity contribution >= 4 is 27.8 Å². The summed E-state index contributed by atoms with van der Waals surface area (Å²) in [6, 6.07) is 23.9. The molecule has 1 amide bonds. The predicted octanol–water partition coefficient (Wildman–Crippen LogP) is 6.42. The van der Waals surface area contributed by atoms with E-state index in [4.69, 9.17) is 4.98 Å². The number of aryl methyl sites for hydroxylation is 1. The number of imidazole rings is 1. The lowest BCUT2D eigenvalue weighted by atomic mass is 10.0. The van der Waals surface area contributed by atoms with Gasteiger partial charge in [-0.3, -0.25) is 4.79 Å². The van der Waals surface area contributed by atoms with Gasteiger partial charge in [0, 0.05) is 42.8 Å². The van der Waals surface area contributed by atoms with Crippen LogP contribution in [0.4, 0.5) is 0 Å². The molecule has 0 radical (unpaired) electrons. The molecule has 0 spiro atoms. The van der Waals surface area contributed by atoms with Gasteiger partial charge in [0.05, 0.1) is 11.0 Å². The third kappa shape index (κ3) is 3.70. The van der Waals surface area contributed by atoms with Crippen LogP contribution in [0.5, 0.6) is 0 Å². The molecule has 1 saturated heterocycles. The van der Waals surface area contributed by atoms with Crippen molar-refractivity contribution in [3.8, 4) is 22.5 Å². The van der Waals surface area contributed by atoms with Crippen LogP contribution in [-0.4, -0.2) is 38.4 Å². The van der Waals surface area contributed by atoms with Crippen molar-refractivity contribution in [1.29, 1.82) is 0 Å². The van der Waals surface area contributed by atoms with Crippen molar-refractivity contribution in [1.82, 2.24) is 19.4 Å². The molecule has 3 aromatic carbocycles. The normalized spacial score (nSPS) is 17.9. The Kier molecular flexibility index (Phi) is 4.98. The number of nitrogens with one attached hydrogen (secondary N) is 1. The summed E-state index contributed by atoms with van der Waals surface area (Å²) in [7, 11) is 0. The average Bonchev–Trinajstić information content (AvgIpc) is 3.30. The molecule has 2 aromatic heterocycles. The summed E-state index contributed by atoms with van der Waals surface area (Å²) in [6.07, 6.45) is 5.19. The third-order valence-electron chi connectivity index (χ3n) is 7.98. The van der Waals surface area contributed by atoms with Crippen LogP contribution in [0.2, 0.25) is 0 Å². The van der Waals surface area contributed by atoms with Gasteiger partial charge in [0.1, 0.15) is 5.82 Å². The number of aromatic nitrogens is 3. The highest BCUT2D eigenvalue weighted by atomic mass is 16.2. The lowest BCUT2D eigenvalue weighted by molar-refractivity contribution is -0.131. The SMILES string of the molecule is Cc1cccc2c1nc(-c1ccc(-c3ccc4cc[nH]c4c3)cc1)n2CC1CCN(C(=O)C2CC2)C1. The Morgan fingerprint density at radius 1 is 0.972 bits per heavy atom. The number of para-hydroxylation sites is 1. The molecular weight excluding hydrogens is 444 g/mol. The van der Waals surface area contributed by atoms with Crippen LogP contribution in [0.1, 0.15) is 24.8 Å². The van der Waals surface area contributed by atoms with Crippen LogP contribution in [0.3, 0.4) is 0 Å². The molecule has 7 rings (SSSR count). The Balaban J connectivity index is 1.22. The molecule has 1 saturated carbocycles. The van der Waals surface area contributed by atoms with E-state index in [-0.39, 0.29) is 0 Å². The molecule has 1 aliphatic carbocycles. The molecule has 36 heavy (non-hydrogen) atoms. The van der Waals surface area contributed by atoms with Gasteiger partial charge >= 0.3 is 0 Å². The van der Waals surface area contributed by atoms with Crippen molar-refractivity contribution in [2.24, 2.45) is 11.8 Å². The lowest BCUT2D eigenvalue weighted by Crippen LogP contribution is -2.30. The number of carbonyl (C=O) groups excluding carboxylic acids is 1. The maximum Gasteiger partial charge on any atom is 0.225 e. The second-order valence-corrected chi connectivity index (χ2v) is 10.6. The number of rotatable bonds is 5. The van der Waals surface area contributed by atoms with E-state index in [2.05, 4.69) is 88.1 Å². The predicted molar refractivity (Wildman–Crippen MR) is 145 cm³/mol. The molecule has 5 nitrogen and oxygen atoms in total. The van der Waals surface area contributed by atoms with E-state index in [1.54, 1.807) is 0 Å². The quantitative estimate of drug-likeness (QED) is 0.320. The summed E-state index contributed by atoms with van der Waals surface area (Å²) in [5.41, 5.74) is 8.11. The van der Waals surface area contributed by atoms with E-state index in [0.717, 1.165) is 61.3 Å². The van der Waals surface area contributed by atoms with Gasteiger partial charge in [0.15, 0.2) is 0 Å². The maximum absolute atomic E-state index is 12.6. The zero-order chi connectivity index (χ0) is 24.2. The molecule has 1 unspecified atom stereocenters. The van der Waals surface area contributed by atoms with Crippen LogP contribution in [-0.2, 0) is 11.3 Å². The highest BCUT2D eigenvalue weighted by Gasteiger charge is 2.36. The zero-order valence-electron chi connectivity index (χ0n) is 20.6. The summed E-state index contributed by atoms with van der Waals surface area (Å²) in [6.45, 7) is 4.77. The van der Waals surface area contributed by atoms with Crippen LogP contribution < -0.4 is 0 Å². The summed E-state index contributed by atoms with van der Waals surface area (Å²) in [5.74, 6) is 2.14. The minimum Gasteiger partial charge on any atom is -0.361 e. The standard InChI is InChI=1S/C31H30N4O/c1-20-3-2-4-28-29(20)33-30(35(28)19-21-14-16-34(18-21)31(36)25-10-11-25)24-8-5-22(6-9-24)26-12-7-23-13-15-32-27(23)17-26/h2-9,12-13,15,17,21,25,32H,10-11,14,16,18-19H2,1H3. The van der Waals surface area contributed by atoms with Gasteiger partial charge in [-0.05, 0) is 72.4 Å². The maximum atomic E-state index is 12.6. The van der Waals surface area contributed by atoms with Gasteiger partial charge in [-0.1, -0.05) is 48.5 Å². The fraction of sp³-hybridized carbons (Fsp3) is 0.290. The van der Waals surface area contributed by atoms with E-state index in [1.165, 1.54) is 27.6 Å². The van der Waals surface area contributed by atoms with Gasteiger partial charge in [0.2, 0.25) is 5.91 Å². The second kappa shape index (κ2) is 8.37. The Hall–Kier alpha value is -3.86. The van der Waals surface area contributed by atoms with Gasteiger partial charge < -0.3 is 14.5 Å². The fourth-order valence-electron chi connectivity index (χ4n) is 5.76. The number of nitrogens with zero attached hydrogens (tertiary/aromatic N) is 3. The van der Waals surface area contributed by atoms with E-state index >= 15 is 0 Å². The van der Waals surface area contributed by atoms with E-state index in [1.807, 2.05) is 6.20 Å². The number of benzene rings is 3. The molecule has 180 valence electrons. The molecule has 5 aromatic rings. The topological polar surface area (TPSA) is 53.9 Å². The minimum absolute atomic E-state index is 0.298. The molecule has 3 heterocycles. The lowest BCUT2D eigenvalue weighted by Gasteiger charge is -2.18. The van der Waals surface area contributed by atoms with Crippen molar-refractivity contribution in [2.45, 2.75) is 32.7 Å². The number of H-pyrrole nitrogens is 1. The van der Waals surface area contributed by atoms with Gasteiger partial charge in [-0.2, -0.15) is 0 Å². The highest BCUT2D eigenvalue weighted by molar-refractivity contribution is 5.86. The van der Waals surface area contributed by atoms with Gasteiger partial charge in [0.25, 0.3) is 0 Å². The van der Waals surface area contributed by atoms with E-state index in [0.29, 0.717) is 17.7 Å². The van der Waals surface area contributed by atoms with Crippen molar-refractivity contribution in [2.75, 3.05) is 13.1 Å². The summed E-state index contributed by atoms with van der Waals surface area (Å²) in [5, 5.41) is 1.23. The molecule has 2 aliphatic rings. The molecule has 1 N–H and O–H groups in total. The first kappa shape index (κ1) is 21.4. The van der Waals surface area contributed by atoms with Crippen LogP contribution in [0.15, 0.2) is 72.9 Å². The molecule has 0 bridgehead atoms. The largest absolute Gasteiger partial charge is 0.361 e. The van der Waals surface area contributed by atoms with Crippen LogP contribution >= 0.6 is 0 Å². The number of hydrogen-bond donors (Lipinski definition) is 1. The summed E-state index contributed by atoms with van der Waals surface area (Å²) in [4.78, 5) is 23.2. The molecule has 1 atom stereocenters. The molecular formula is C31H30N4O. The number of aromatic amines is 1. The number of hydrogen-bond acceptors (Lipinski definition) is 2. The van der Waals surface area contributed by atoms with Crippen molar-refractivity contribution in [3.63, 3.8) is 0 Å². The Morgan fingerprint density at radius 3 is 2.61 bits per heavy atom. The second-order valence-electron chi connectivity index (χ2n) is 10.6. The Morgan fingerprint density at radius 2 is 1.78 bits per heavy atom. The fourth-order valence-corrected chi connectivity index (χ4v) is 5.76. The van der Waals surface area contributed by atoms with Crippen molar-refractivity contribution < 1.29 is 4.79 Å². The van der Waals surface area contributed by atoms with E-state index < -0.39 is 0 Å². The van der Waals surface area contributed by atoms with Gasteiger partial charge in [-0.25, -0.2) is 4.98 Å². The number of carbonyl (C=O) groups is 1. The summed E-state index contributed by atoms with van der Waals surface area (Å²) < 4.78 is 2.39. The Bertz CT molecular complexity index is 1590. The number of fused-ring (bicyclic) bond motifs is 2. The smallest absolute Gasteiger partial charge is 0.225 e. The van der Waals surface area contributed by atoms with Crippen LogP contribution in [0.25, 0.3) is 44.5 Å². The third-order valence-corrected chi connectivity index (χ3v) is 7.98. The Labute approximate surface area is 210 Å². The first-order chi connectivity index (χ1) is 17.6. The first-order valence-electron chi connectivity index (χ1n) is 13.1. The highest BCUT2D eigenvalue weighted by Crippen LogP contribution is 2.35. The first-order valence-corrected chi connectivity index (χ1v) is 13.1. The van der Waals surface area contributed by atoms with Crippen molar-refractivity contribution in [3.05, 3.63) is 78.5 Å². The molecule has 2 fully saturated rings. The molecule has 1 aliphatic heterocycles. The average molecular weight is 475 g/mol. The minimum atomic E-state index is 0.298. The zero-order valence-corrected chi connectivity index (χ0v) is 20.6.